The topological polar surface area (TPSA) is 98.5 Å². The molecule has 3 N–H and O–H groups in total. The number of nitrogens with two attached hydrogens (primary N) is 1. The first kappa shape index (κ1) is 25.1. The number of benzene rings is 3. The molecule has 0 fully saturated rings. The summed E-state index contributed by atoms with van der Waals surface area (Å²) in [6.45, 7) is 0. The highest BCUT2D eigenvalue weighted by atomic mass is 32.2. The smallest absolute Gasteiger partial charge is 0.457 e. The van der Waals surface area contributed by atoms with E-state index in [4.69, 9.17) is 9.88 Å². The molecule has 13 heteroatoms. The van der Waals surface area contributed by atoms with Gasteiger partial charge in [0.15, 0.2) is 0 Å². The summed E-state index contributed by atoms with van der Waals surface area (Å²) in [5.41, 5.74) is -2.02. The minimum atomic E-state index is -5.92. The number of carbonyl (C=O) groups is 1. The number of anilines is 1. The monoisotopic (exact) mass is 504 g/mol. The van der Waals surface area contributed by atoms with Gasteiger partial charge in [-0.2, -0.15) is 22.0 Å². The maximum Gasteiger partial charge on any atom is 0.458 e. The molecule has 0 atom stereocenters. The Morgan fingerprint density at radius 1 is 0.912 bits per heavy atom. The number of sulfonamides is 1. The van der Waals surface area contributed by atoms with E-state index in [1.807, 2.05) is 0 Å². The van der Waals surface area contributed by atoms with Crippen LogP contribution >= 0.6 is 0 Å². The van der Waals surface area contributed by atoms with Gasteiger partial charge in [-0.3, -0.25) is 4.79 Å². The summed E-state index contributed by atoms with van der Waals surface area (Å²) in [5.74, 6) is -7.79. The van der Waals surface area contributed by atoms with Gasteiger partial charge in [0.05, 0.1) is 10.5 Å². The summed E-state index contributed by atoms with van der Waals surface area (Å²) in [5, 5.41) is 7.32. The van der Waals surface area contributed by atoms with E-state index in [2.05, 4.69) is 5.32 Å². The normalized spacial score (nSPS) is 12.3. The zero-order valence-electron chi connectivity index (χ0n) is 16.7. The van der Waals surface area contributed by atoms with Crippen LogP contribution in [0.2, 0.25) is 0 Å². The minimum absolute atomic E-state index is 0.0612. The molecule has 0 unspecified atom stereocenters. The highest BCUT2D eigenvalue weighted by Crippen LogP contribution is 2.45. The molecule has 180 valence electrons. The van der Waals surface area contributed by atoms with E-state index in [0.717, 1.165) is 36.4 Å². The lowest BCUT2D eigenvalue weighted by Gasteiger charge is -2.21. The number of carbonyl (C=O) groups excluding carboxylic acids is 1. The van der Waals surface area contributed by atoms with Crippen molar-refractivity contribution >= 4 is 21.6 Å². The van der Waals surface area contributed by atoms with Gasteiger partial charge < -0.3 is 10.1 Å². The third-order valence-electron chi connectivity index (χ3n) is 4.41. The van der Waals surface area contributed by atoms with Gasteiger partial charge in [-0.15, -0.1) is 0 Å². The SMILES string of the molecule is NS(=O)(=O)c1cccc(NC(=O)c2ccc(C(F)(F)C(F)(F)F)cc2Oc2ccc(F)cc2)c1. The Labute approximate surface area is 189 Å². The molecular formula is C21H14F6N2O4S. The van der Waals surface area contributed by atoms with Crippen LogP contribution < -0.4 is 15.2 Å². The highest BCUT2D eigenvalue weighted by molar-refractivity contribution is 7.89. The summed E-state index contributed by atoms with van der Waals surface area (Å²) < 4.78 is 108. The van der Waals surface area contributed by atoms with Crippen LogP contribution in [-0.2, 0) is 15.9 Å². The number of hydrogen-bond donors (Lipinski definition) is 2. The van der Waals surface area contributed by atoms with E-state index in [1.54, 1.807) is 0 Å². The molecule has 0 saturated heterocycles. The van der Waals surface area contributed by atoms with Gasteiger partial charge in [0, 0.05) is 11.3 Å². The summed E-state index contributed by atoms with van der Waals surface area (Å²) >= 11 is 0. The van der Waals surface area contributed by atoms with Gasteiger partial charge >= 0.3 is 12.1 Å². The highest BCUT2D eigenvalue weighted by Gasteiger charge is 2.58. The number of halogens is 6. The Balaban J connectivity index is 2.03. The molecule has 0 aliphatic carbocycles. The Hall–Kier alpha value is -3.58. The number of primary sulfonamides is 1. The van der Waals surface area contributed by atoms with Crippen molar-refractivity contribution in [2.45, 2.75) is 17.0 Å². The zero-order valence-corrected chi connectivity index (χ0v) is 17.6. The van der Waals surface area contributed by atoms with Gasteiger partial charge in [0.25, 0.3) is 5.91 Å². The first-order valence-electron chi connectivity index (χ1n) is 9.15. The Bertz CT molecular complexity index is 1330. The quantitative estimate of drug-likeness (QED) is 0.453. The minimum Gasteiger partial charge on any atom is -0.457 e. The van der Waals surface area contributed by atoms with Crippen molar-refractivity contribution in [2.75, 3.05) is 5.32 Å². The molecule has 0 aliphatic rings. The predicted octanol–water partition coefficient (Wildman–Crippen LogP) is 5.17. The molecule has 0 spiro atoms. The predicted molar refractivity (Wildman–Crippen MR) is 109 cm³/mol. The Morgan fingerprint density at radius 2 is 1.56 bits per heavy atom. The number of amides is 1. The van der Waals surface area contributed by atoms with Crippen LogP contribution in [0.1, 0.15) is 15.9 Å². The van der Waals surface area contributed by atoms with Crippen molar-refractivity contribution in [3.63, 3.8) is 0 Å². The molecule has 3 aromatic carbocycles. The second-order valence-corrected chi connectivity index (χ2v) is 8.43. The van der Waals surface area contributed by atoms with Gasteiger partial charge in [-0.25, -0.2) is 17.9 Å². The first-order valence-corrected chi connectivity index (χ1v) is 10.7. The number of nitrogens with one attached hydrogen (secondary N) is 1. The van der Waals surface area contributed by atoms with E-state index in [9.17, 15) is 39.6 Å². The fourth-order valence-corrected chi connectivity index (χ4v) is 3.29. The third kappa shape index (κ3) is 5.48. The molecule has 1 amide bonds. The summed E-state index contributed by atoms with van der Waals surface area (Å²) in [6, 6.07) is 10.2. The number of rotatable bonds is 6. The molecule has 0 aromatic heterocycles. The third-order valence-corrected chi connectivity index (χ3v) is 5.32. The number of alkyl halides is 5. The van der Waals surface area contributed by atoms with E-state index >= 15 is 0 Å². The van der Waals surface area contributed by atoms with Crippen molar-refractivity contribution in [1.29, 1.82) is 0 Å². The van der Waals surface area contributed by atoms with E-state index in [1.165, 1.54) is 12.1 Å². The van der Waals surface area contributed by atoms with Crippen LogP contribution in [0.4, 0.5) is 32.0 Å². The van der Waals surface area contributed by atoms with Gasteiger partial charge in [-0.1, -0.05) is 12.1 Å². The summed E-state index contributed by atoms with van der Waals surface area (Å²) in [7, 11) is -4.11. The molecule has 3 aromatic rings. The molecular weight excluding hydrogens is 490 g/mol. The maximum absolute atomic E-state index is 13.9. The van der Waals surface area contributed by atoms with E-state index < -0.39 is 50.7 Å². The second-order valence-electron chi connectivity index (χ2n) is 6.87. The zero-order chi connectivity index (χ0) is 25.3. The lowest BCUT2D eigenvalue weighted by Crippen LogP contribution is -2.33. The van der Waals surface area contributed by atoms with Crippen LogP contribution in [0.5, 0.6) is 11.5 Å². The standard InChI is InChI=1S/C21H14F6N2O4S/c22-13-5-7-15(8-6-13)33-18-10-12(20(23,24)21(25,26)27)4-9-17(18)19(30)29-14-2-1-3-16(11-14)34(28,31)32/h1-11H,(H,29,30)(H2,28,31,32). The van der Waals surface area contributed by atoms with Crippen LogP contribution in [-0.4, -0.2) is 20.5 Å². The van der Waals surface area contributed by atoms with Gasteiger partial charge in [0.2, 0.25) is 10.0 Å². The van der Waals surface area contributed by atoms with Crippen LogP contribution in [0.3, 0.4) is 0 Å². The molecule has 0 radical (unpaired) electrons. The van der Waals surface area contributed by atoms with Crippen LogP contribution in [0.15, 0.2) is 71.6 Å². The average molecular weight is 504 g/mol. The molecule has 34 heavy (non-hydrogen) atoms. The fourth-order valence-electron chi connectivity index (χ4n) is 2.73. The van der Waals surface area contributed by atoms with Crippen molar-refractivity contribution in [3.8, 4) is 11.5 Å². The van der Waals surface area contributed by atoms with Crippen LogP contribution in [0, 0.1) is 5.82 Å². The van der Waals surface area contributed by atoms with Crippen LogP contribution in [0.25, 0.3) is 0 Å². The molecule has 0 bridgehead atoms. The largest absolute Gasteiger partial charge is 0.458 e. The molecule has 3 rings (SSSR count). The average Bonchev–Trinajstić information content (AvgIpc) is 2.74. The molecule has 6 nitrogen and oxygen atoms in total. The van der Waals surface area contributed by atoms with E-state index in [-0.39, 0.29) is 16.3 Å². The second kappa shape index (κ2) is 8.99. The van der Waals surface area contributed by atoms with Gasteiger partial charge in [0.1, 0.15) is 17.3 Å². The first-order chi connectivity index (χ1) is 15.7. The van der Waals surface area contributed by atoms with E-state index in [0.29, 0.717) is 18.2 Å². The number of hydrogen-bond acceptors (Lipinski definition) is 4. The van der Waals surface area contributed by atoms with Crippen molar-refractivity contribution in [2.24, 2.45) is 5.14 Å². The number of ether oxygens (including phenoxy) is 1. The summed E-state index contributed by atoms with van der Waals surface area (Å²) in [6.07, 6.45) is -5.92. The molecule has 0 heterocycles. The summed E-state index contributed by atoms with van der Waals surface area (Å²) in [4.78, 5) is 12.4. The Kier molecular flexibility index (Phi) is 6.62. The van der Waals surface area contributed by atoms with Crippen molar-refractivity contribution < 1.29 is 44.3 Å². The van der Waals surface area contributed by atoms with Crippen molar-refractivity contribution in [1.82, 2.24) is 0 Å². The molecule has 0 saturated carbocycles. The van der Waals surface area contributed by atoms with Gasteiger partial charge in [-0.05, 0) is 54.6 Å². The molecule has 0 aliphatic heterocycles. The lowest BCUT2D eigenvalue weighted by atomic mass is 10.0. The Morgan fingerprint density at radius 3 is 2.15 bits per heavy atom. The maximum atomic E-state index is 13.9. The lowest BCUT2D eigenvalue weighted by molar-refractivity contribution is -0.289. The fraction of sp³-hybridized carbons (Fsp3) is 0.0952. The van der Waals surface area contributed by atoms with Crippen molar-refractivity contribution in [3.05, 3.63) is 83.7 Å².